The fourth-order valence-electron chi connectivity index (χ4n) is 1.33. The number of alkyl halides is 4. The molecule has 0 atom stereocenters. The minimum absolute atomic E-state index is 0.172. The van der Waals surface area contributed by atoms with Crippen molar-refractivity contribution in [1.82, 2.24) is 0 Å². The lowest BCUT2D eigenvalue weighted by Crippen LogP contribution is -2.18. The highest BCUT2D eigenvalue weighted by atomic mass is 35.5. The van der Waals surface area contributed by atoms with Crippen LogP contribution in [-0.2, 0) is 10.6 Å². The number of rotatable bonds is 5. The van der Waals surface area contributed by atoms with Gasteiger partial charge in [-0.05, 0) is 12.5 Å². The molecule has 0 unspecified atom stereocenters. The Kier molecular flexibility index (Phi) is 5.08. The molecule has 0 heterocycles. The van der Waals surface area contributed by atoms with Crippen LogP contribution in [0.4, 0.5) is 13.2 Å². The van der Waals surface area contributed by atoms with Crippen LogP contribution in [0.5, 0.6) is 5.75 Å². The first-order chi connectivity index (χ1) is 7.94. The van der Waals surface area contributed by atoms with Crippen molar-refractivity contribution in [2.75, 3.05) is 13.2 Å². The van der Waals surface area contributed by atoms with Gasteiger partial charge in [0.15, 0.2) is 0 Å². The van der Waals surface area contributed by atoms with Crippen molar-refractivity contribution in [1.29, 1.82) is 0 Å². The normalized spacial score (nSPS) is 11.6. The number of aryl methyl sites for hydroxylation is 1. The molecule has 0 fully saturated rings. The molecule has 0 aliphatic rings. The van der Waals surface area contributed by atoms with Gasteiger partial charge in [0.1, 0.15) is 12.4 Å². The number of benzene rings is 1. The highest BCUT2D eigenvalue weighted by Gasteiger charge is 2.28. The molecule has 0 N–H and O–H groups in total. The molecular formula is C11H12ClF3O2. The number of hydrogen-bond donors (Lipinski definition) is 0. The quantitative estimate of drug-likeness (QED) is 0.599. The molecular weight excluding hydrogens is 257 g/mol. The Balaban J connectivity index is 2.52. The van der Waals surface area contributed by atoms with E-state index < -0.39 is 13.0 Å². The third kappa shape index (κ3) is 4.83. The number of para-hydroxylation sites is 1. The lowest BCUT2D eigenvalue weighted by Gasteiger charge is -2.13. The molecule has 0 aliphatic heterocycles. The average Bonchev–Trinajstić information content (AvgIpc) is 2.24. The average molecular weight is 269 g/mol. The first-order valence-corrected chi connectivity index (χ1v) is 5.45. The second-order valence-electron chi connectivity index (χ2n) is 3.34. The summed E-state index contributed by atoms with van der Waals surface area (Å²) in [5, 5.41) is 0. The molecule has 0 saturated carbocycles. The van der Waals surface area contributed by atoms with E-state index in [1.807, 2.05) is 6.07 Å². The maximum absolute atomic E-state index is 11.7. The molecule has 6 heteroatoms. The van der Waals surface area contributed by atoms with Crippen molar-refractivity contribution >= 4 is 11.6 Å². The van der Waals surface area contributed by atoms with Crippen molar-refractivity contribution < 1.29 is 22.6 Å². The van der Waals surface area contributed by atoms with Crippen molar-refractivity contribution in [3.05, 3.63) is 29.3 Å². The molecule has 1 aromatic carbocycles. The maximum Gasteiger partial charge on any atom is 0.522 e. The van der Waals surface area contributed by atoms with Crippen molar-refractivity contribution in [2.24, 2.45) is 0 Å². The molecule has 2 nitrogen and oxygen atoms in total. The van der Waals surface area contributed by atoms with Crippen LogP contribution in [-0.4, -0.2) is 19.6 Å². The van der Waals surface area contributed by atoms with Gasteiger partial charge < -0.3 is 4.74 Å². The Morgan fingerprint density at radius 1 is 1.24 bits per heavy atom. The summed E-state index contributed by atoms with van der Waals surface area (Å²) in [6.07, 6.45) is -4.62. The molecule has 0 amide bonds. The second kappa shape index (κ2) is 6.12. The zero-order valence-corrected chi connectivity index (χ0v) is 9.94. The Morgan fingerprint density at radius 3 is 2.53 bits per heavy atom. The summed E-state index contributed by atoms with van der Waals surface area (Å²) in [7, 11) is 0. The van der Waals surface area contributed by atoms with Gasteiger partial charge in [-0.1, -0.05) is 18.2 Å². The number of halogens is 4. The van der Waals surface area contributed by atoms with E-state index in [0.29, 0.717) is 5.75 Å². The summed E-state index contributed by atoms with van der Waals surface area (Å²) in [6.45, 7) is 1.09. The van der Waals surface area contributed by atoms with E-state index in [9.17, 15) is 13.2 Å². The summed E-state index contributed by atoms with van der Waals surface area (Å²) in [5.41, 5.74) is 1.58. The molecule has 0 radical (unpaired) electrons. The molecule has 1 rings (SSSR count). The Hall–Kier alpha value is -0.940. The molecule has 17 heavy (non-hydrogen) atoms. The fraction of sp³-hybridized carbons (Fsp3) is 0.455. The van der Waals surface area contributed by atoms with E-state index in [2.05, 4.69) is 4.74 Å². The third-order valence-corrected chi connectivity index (χ3v) is 2.32. The van der Waals surface area contributed by atoms with E-state index >= 15 is 0 Å². The van der Waals surface area contributed by atoms with E-state index in [-0.39, 0.29) is 12.5 Å². The van der Waals surface area contributed by atoms with Crippen LogP contribution in [0.3, 0.4) is 0 Å². The van der Waals surface area contributed by atoms with Gasteiger partial charge in [0.05, 0.1) is 12.5 Å². The monoisotopic (exact) mass is 268 g/mol. The zero-order chi connectivity index (χ0) is 12.9. The van der Waals surface area contributed by atoms with Gasteiger partial charge in [-0.15, -0.1) is 24.8 Å². The van der Waals surface area contributed by atoms with E-state index in [1.165, 1.54) is 0 Å². The summed E-state index contributed by atoms with van der Waals surface area (Å²) in [4.78, 5) is 0. The predicted octanol–water partition coefficient (Wildman–Crippen LogP) is 3.65. The second-order valence-corrected chi connectivity index (χ2v) is 3.61. The lowest BCUT2D eigenvalue weighted by molar-refractivity contribution is -0.325. The van der Waals surface area contributed by atoms with Crippen molar-refractivity contribution in [3.63, 3.8) is 0 Å². The molecule has 96 valence electrons. The zero-order valence-electron chi connectivity index (χ0n) is 9.18. The van der Waals surface area contributed by atoms with Gasteiger partial charge in [0.2, 0.25) is 0 Å². The van der Waals surface area contributed by atoms with Gasteiger partial charge in [0.25, 0.3) is 0 Å². The van der Waals surface area contributed by atoms with Crippen molar-refractivity contribution in [2.45, 2.75) is 19.2 Å². The summed E-state index contributed by atoms with van der Waals surface area (Å²) < 4.78 is 44.0. The van der Waals surface area contributed by atoms with Crippen LogP contribution < -0.4 is 4.74 Å². The highest BCUT2D eigenvalue weighted by molar-refractivity contribution is 6.17. The Bertz CT molecular complexity index is 366. The largest absolute Gasteiger partial charge is 0.522 e. The standard InChI is InChI=1S/C11H12ClF3O2/c1-8-3-2-4-9(7-12)10(8)16-5-6-17-11(13,14)15/h2-4H,5-7H2,1H3. The summed E-state index contributed by atoms with van der Waals surface area (Å²) >= 11 is 5.70. The summed E-state index contributed by atoms with van der Waals surface area (Å²) in [5.74, 6) is 0.769. The van der Waals surface area contributed by atoms with E-state index in [4.69, 9.17) is 16.3 Å². The fourth-order valence-corrected chi connectivity index (χ4v) is 1.54. The van der Waals surface area contributed by atoms with Gasteiger partial charge in [-0.25, -0.2) is 0 Å². The van der Waals surface area contributed by atoms with E-state index in [1.54, 1.807) is 19.1 Å². The van der Waals surface area contributed by atoms with Crippen LogP contribution >= 0.6 is 11.6 Å². The maximum atomic E-state index is 11.7. The summed E-state index contributed by atoms with van der Waals surface area (Å²) in [6, 6.07) is 5.38. The topological polar surface area (TPSA) is 18.5 Å². The van der Waals surface area contributed by atoms with Crippen LogP contribution in [0, 0.1) is 6.92 Å². The molecule has 0 aromatic heterocycles. The van der Waals surface area contributed by atoms with Crippen LogP contribution in [0.1, 0.15) is 11.1 Å². The Labute approximate surface area is 102 Å². The van der Waals surface area contributed by atoms with E-state index in [0.717, 1.165) is 11.1 Å². The molecule has 0 aliphatic carbocycles. The van der Waals surface area contributed by atoms with Crippen molar-refractivity contribution in [3.8, 4) is 5.75 Å². The first-order valence-electron chi connectivity index (χ1n) is 4.92. The SMILES string of the molecule is Cc1cccc(CCl)c1OCCOC(F)(F)F. The van der Waals surface area contributed by atoms with Crippen LogP contribution in [0.25, 0.3) is 0 Å². The minimum atomic E-state index is -4.62. The van der Waals surface area contributed by atoms with Gasteiger partial charge in [0, 0.05) is 5.56 Å². The van der Waals surface area contributed by atoms with Gasteiger partial charge >= 0.3 is 6.36 Å². The highest BCUT2D eigenvalue weighted by Crippen LogP contribution is 2.25. The van der Waals surface area contributed by atoms with Crippen LogP contribution in [0.2, 0.25) is 0 Å². The minimum Gasteiger partial charge on any atom is -0.491 e. The first kappa shape index (κ1) is 14.1. The number of ether oxygens (including phenoxy) is 2. The molecule has 0 bridgehead atoms. The molecule has 1 aromatic rings. The van der Waals surface area contributed by atoms with Gasteiger partial charge in [-0.2, -0.15) is 0 Å². The third-order valence-electron chi connectivity index (χ3n) is 2.03. The molecule has 0 saturated heterocycles. The smallest absolute Gasteiger partial charge is 0.491 e. The Morgan fingerprint density at radius 2 is 1.94 bits per heavy atom. The van der Waals surface area contributed by atoms with Gasteiger partial charge in [-0.3, -0.25) is 4.74 Å². The lowest BCUT2D eigenvalue weighted by atomic mass is 10.1. The number of hydrogen-bond acceptors (Lipinski definition) is 2. The van der Waals surface area contributed by atoms with Crippen LogP contribution in [0.15, 0.2) is 18.2 Å². The molecule has 0 spiro atoms. The predicted molar refractivity (Wildman–Crippen MR) is 58.2 cm³/mol.